The van der Waals surface area contributed by atoms with E-state index in [1.807, 2.05) is 13.0 Å². The van der Waals surface area contributed by atoms with Gasteiger partial charge in [-0.15, -0.1) is 0 Å². The normalized spacial score (nSPS) is 11.6. The number of hydrogen-bond acceptors (Lipinski definition) is 4. The van der Waals surface area contributed by atoms with Crippen LogP contribution in [-0.2, 0) is 23.5 Å². The molecule has 0 radical (unpaired) electrons. The molecule has 108 valence electrons. The van der Waals surface area contributed by atoms with Crippen molar-refractivity contribution in [1.82, 2.24) is 14.8 Å². The summed E-state index contributed by atoms with van der Waals surface area (Å²) in [6.45, 7) is 3.54. The Balaban J connectivity index is 2.40. The van der Waals surface area contributed by atoms with E-state index in [2.05, 4.69) is 14.8 Å². The maximum absolute atomic E-state index is 12.4. The molecule has 0 aliphatic carbocycles. The summed E-state index contributed by atoms with van der Waals surface area (Å²) in [5.74, 6) is 0.267. The highest BCUT2D eigenvalue weighted by molar-refractivity contribution is 7.92. The fourth-order valence-electron chi connectivity index (χ4n) is 1.84. The summed E-state index contributed by atoms with van der Waals surface area (Å²) in [4.78, 5) is 4.18. The molecule has 0 atom stereocenters. The van der Waals surface area contributed by atoms with Crippen molar-refractivity contribution in [3.63, 3.8) is 0 Å². The van der Waals surface area contributed by atoms with E-state index < -0.39 is 10.0 Å². The largest absolute Gasteiger partial charge is 0.267 e. The number of hydrogen-bond donors (Lipinski definition) is 1. The van der Waals surface area contributed by atoms with Crippen molar-refractivity contribution in [3.05, 3.63) is 34.7 Å². The van der Waals surface area contributed by atoms with Crippen molar-refractivity contribution in [2.45, 2.75) is 25.2 Å². The van der Waals surface area contributed by atoms with E-state index in [1.165, 1.54) is 4.68 Å². The van der Waals surface area contributed by atoms with Gasteiger partial charge in [-0.2, -0.15) is 5.10 Å². The van der Waals surface area contributed by atoms with Gasteiger partial charge in [0.1, 0.15) is 15.9 Å². The minimum absolute atomic E-state index is 0.0228. The Morgan fingerprint density at radius 3 is 2.65 bits per heavy atom. The molecule has 2 aromatic heterocycles. The van der Waals surface area contributed by atoms with Crippen LogP contribution in [0.3, 0.4) is 0 Å². The second-order valence-corrected chi connectivity index (χ2v) is 6.28. The predicted molar refractivity (Wildman–Crippen MR) is 77.4 cm³/mol. The molecule has 0 aliphatic rings. The molecule has 0 saturated heterocycles. The van der Waals surface area contributed by atoms with E-state index in [1.54, 1.807) is 26.1 Å². The first kappa shape index (κ1) is 14.8. The molecule has 0 spiro atoms. The number of halogens is 1. The van der Waals surface area contributed by atoms with Crippen LogP contribution in [0.1, 0.15) is 18.3 Å². The minimum atomic E-state index is -3.81. The maximum Gasteiger partial charge on any atom is 0.267 e. The van der Waals surface area contributed by atoms with Crippen LogP contribution in [0.5, 0.6) is 0 Å². The summed E-state index contributed by atoms with van der Waals surface area (Å²) in [5, 5.41) is 4.07. The Bertz CT molecular complexity index is 740. The number of anilines is 1. The first-order valence-electron chi connectivity index (χ1n) is 6.03. The second kappa shape index (κ2) is 5.41. The number of sulfonamides is 1. The summed E-state index contributed by atoms with van der Waals surface area (Å²) < 4.78 is 28.5. The van der Waals surface area contributed by atoms with Gasteiger partial charge in [-0.1, -0.05) is 24.6 Å². The zero-order valence-electron chi connectivity index (χ0n) is 11.4. The summed E-state index contributed by atoms with van der Waals surface area (Å²) >= 11 is 5.98. The van der Waals surface area contributed by atoms with Crippen LogP contribution in [0, 0.1) is 6.92 Å². The van der Waals surface area contributed by atoms with Gasteiger partial charge in [0.2, 0.25) is 0 Å². The van der Waals surface area contributed by atoms with Gasteiger partial charge >= 0.3 is 0 Å². The van der Waals surface area contributed by atoms with Crippen LogP contribution < -0.4 is 4.72 Å². The lowest BCUT2D eigenvalue weighted by atomic mass is 10.3. The van der Waals surface area contributed by atoms with E-state index in [-0.39, 0.29) is 15.9 Å². The molecule has 20 heavy (non-hydrogen) atoms. The maximum atomic E-state index is 12.4. The van der Waals surface area contributed by atoms with Gasteiger partial charge in [-0.05, 0) is 25.5 Å². The minimum Gasteiger partial charge on any atom is -0.263 e. The SMILES string of the molecule is CCc1cccc(NS(=O)(=O)c2c(C)nn(C)c2Cl)n1. The zero-order valence-corrected chi connectivity index (χ0v) is 13.0. The van der Waals surface area contributed by atoms with Gasteiger partial charge in [0.25, 0.3) is 10.0 Å². The topological polar surface area (TPSA) is 76.9 Å². The van der Waals surface area contributed by atoms with Crippen LogP contribution in [0.4, 0.5) is 5.82 Å². The monoisotopic (exact) mass is 314 g/mol. The number of aryl methyl sites for hydroxylation is 3. The Hall–Kier alpha value is -1.60. The molecule has 0 amide bonds. The Morgan fingerprint density at radius 1 is 1.40 bits per heavy atom. The molecular formula is C12H15ClN4O2S. The van der Waals surface area contributed by atoms with Gasteiger partial charge in [-0.3, -0.25) is 9.40 Å². The third-order valence-electron chi connectivity index (χ3n) is 2.78. The van der Waals surface area contributed by atoms with Crippen LogP contribution in [0.15, 0.2) is 23.1 Å². The molecule has 2 aromatic rings. The van der Waals surface area contributed by atoms with E-state index in [9.17, 15) is 8.42 Å². The average molecular weight is 315 g/mol. The summed E-state index contributed by atoms with van der Waals surface area (Å²) in [6.07, 6.45) is 0.724. The average Bonchev–Trinajstić information content (AvgIpc) is 2.63. The summed E-state index contributed by atoms with van der Waals surface area (Å²) in [5.41, 5.74) is 1.15. The molecule has 0 aromatic carbocycles. The fourth-order valence-corrected chi connectivity index (χ4v) is 3.59. The molecular weight excluding hydrogens is 300 g/mol. The van der Waals surface area contributed by atoms with Crippen molar-refractivity contribution in [2.24, 2.45) is 7.05 Å². The van der Waals surface area contributed by atoms with Gasteiger partial charge in [0.15, 0.2) is 0 Å². The molecule has 2 rings (SSSR count). The number of rotatable bonds is 4. The smallest absolute Gasteiger partial charge is 0.263 e. The molecule has 0 saturated carbocycles. The summed E-state index contributed by atoms with van der Waals surface area (Å²) in [7, 11) is -2.22. The molecule has 8 heteroatoms. The number of pyridine rings is 1. The second-order valence-electron chi connectivity index (χ2n) is 4.30. The van der Waals surface area contributed by atoms with Crippen molar-refractivity contribution in [2.75, 3.05) is 4.72 Å². The number of nitrogens with zero attached hydrogens (tertiary/aromatic N) is 3. The molecule has 0 bridgehead atoms. The van der Waals surface area contributed by atoms with Crippen LogP contribution in [0.2, 0.25) is 5.15 Å². The van der Waals surface area contributed by atoms with Crippen molar-refractivity contribution < 1.29 is 8.42 Å². The standard InChI is InChI=1S/C12H15ClN4O2S/c1-4-9-6-5-7-10(14-9)16-20(18,19)11-8(2)15-17(3)12(11)13/h5-7H,4H2,1-3H3,(H,14,16). The molecule has 0 unspecified atom stereocenters. The molecule has 0 fully saturated rings. The Kier molecular flexibility index (Phi) is 4.01. The third-order valence-corrected chi connectivity index (χ3v) is 4.83. The quantitative estimate of drug-likeness (QED) is 0.938. The molecule has 0 aliphatic heterocycles. The lowest BCUT2D eigenvalue weighted by Gasteiger charge is -2.08. The molecule has 6 nitrogen and oxygen atoms in total. The Morgan fingerprint density at radius 2 is 2.10 bits per heavy atom. The molecule has 1 N–H and O–H groups in total. The lowest BCUT2D eigenvalue weighted by molar-refractivity contribution is 0.600. The first-order chi connectivity index (χ1) is 9.35. The van der Waals surface area contributed by atoms with Crippen LogP contribution >= 0.6 is 11.6 Å². The van der Waals surface area contributed by atoms with Gasteiger partial charge in [0.05, 0.1) is 5.69 Å². The van der Waals surface area contributed by atoms with Crippen LogP contribution in [-0.4, -0.2) is 23.2 Å². The lowest BCUT2D eigenvalue weighted by Crippen LogP contribution is -2.15. The van der Waals surface area contributed by atoms with Gasteiger partial charge < -0.3 is 0 Å². The first-order valence-corrected chi connectivity index (χ1v) is 7.89. The predicted octanol–water partition coefficient (Wildman–Crippen LogP) is 2.14. The number of aromatic nitrogens is 3. The highest BCUT2D eigenvalue weighted by Gasteiger charge is 2.25. The highest BCUT2D eigenvalue weighted by atomic mass is 35.5. The molecule has 2 heterocycles. The third kappa shape index (κ3) is 2.78. The van der Waals surface area contributed by atoms with Gasteiger partial charge in [-0.25, -0.2) is 13.4 Å². The zero-order chi connectivity index (χ0) is 14.9. The van der Waals surface area contributed by atoms with E-state index in [0.717, 1.165) is 12.1 Å². The number of nitrogens with one attached hydrogen (secondary N) is 1. The Labute approximate surface area is 122 Å². The van der Waals surface area contributed by atoms with Crippen molar-refractivity contribution >= 4 is 27.4 Å². The van der Waals surface area contributed by atoms with Crippen LogP contribution in [0.25, 0.3) is 0 Å². The van der Waals surface area contributed by atoms with E-state index >= 15 is 0 Å². The van der Waals surface area contributed by atoms with Gasteiger partial charge in [0, 0.05) is 12.7 Å². The van der Waals surface area contributed by atoms with Crippen molar-refractivity contribution in [3.8, 4) is 0 Å². The fraction of sp³-hybridized carbons (Fsp3) is 0.333. The van der Waals surface area contributed by atoms with E-state index in [0.29, 0.717) is 5.69 Å². The summed E-state index contributed by atoms with van der Waals surface area (Å²) in [6, 6.07) is 5.18. The van der Waals surface area contributed by atoms with E-state index in [4.69, 9.17) is 11.6 Å². The van der Waals surface area contributed by atoms with Crippen molar-refractivity contribution in [1.29, 1.82) is 0 Å². The highest BCUT2D eigenvalue weighted by Crippen LogP contribution is 2.25.